The van der Waals surface area contributed by atoms with Gasteiger partial charge in [-0.3, -0.25) is 4.98 Å². The molecule has 3 N–H and O–H groups in total. The molecule has 0 aliphatic carbocycles. The Kier molecular flexibility index (Phi) is 4.81. The average molecular weight is 338 g/mol. The van der Waals surface area contributed by atoms with Crippen LogP contribution >= 0.6 is 27.7 Å². The first-order valence-corrected chi connectivity index (χ1v) is 7.29. The van der Waals surface area contributed by atoms with Crippen LogP contribution < -0.4 is 5.73 Å². The topological polar surface area (TPSA) is 71.5 Å². The smallest absolute Gasteiger partial charge is 0.189 e. The van der Waals surface area contributed by atoms with Crippen molar-refractivity contribution in [1.82, 2.24) is 4.98 Å². The SMILES string of the molecule is NC(=NO)c1ncccc1CSc1ccccc1Br. The van der Waals surface area contributed by atoms with Crippen molar-refractivity contribution in [1.29, 1.82) is 0 Å². The van der Waals surface area contributed by atoms with Gasteiger partial charge in [0.25, 0.3) is 0 Å². The summed E-state index contributed by atoms with van der Waals surface area (Å²) in [5, 5.41) is 11.8. The van der Waals surface area contributed by atoms with E-state index in [0.29, 0.717) is 11.4 Å². The van der Waals surface area contributed by atoms with Gasteiger partial charge in [0.15, 0.2) is 5.84 Å². The first-order chi connectivity index (χ1) is 9.22. The Morgan fingerprint density at radius 1 is 1.32 bits per heavy atom. The van der Waals surface area contributed by atoms with Crippen LogP contribution in [0.15, 0.2) is 57.1 Å². The number of aromatic nitrogens is 1. The van der Waals surface area contributed by atoms with Gasteiger partial charge in [-0.05, 0) is 39.7 Å². The van der Waals surface area contributed by atoms with Gasteiger partial charge in [0.05, 0.1) is 0 Å². The van der Waals surface area contributed by atoms with Crippen LogP contribution in [0, 0.1) is 0 Å². The number of nitrogens with zero attached hydrogens (tertiary/aromatic N) is 2. The zero-order valence-electron chi connectivity index (χ0n) is 9.95. The van der Waals surface area contributed by atoms with Gasteiger partial charge >= 0.3 is 0 Å². The number of nitrogens with two attached hydrogens (primary N) is 1. The lowest BCUT2D eigenvalue weighted by Gasteiger charge is -2.07. The molecular formula is C13H12BrN3OS. The Balaban J connectivity index is 2.19. The summed E-state index contributed by atoms with van der Waals surface area (Å²) in [7, 11) is 0. The third-order valence-electron chi connectivity index (χ3n) is 2.46. The van der Waals surface area contributed by atoms with E-state index in [9.17, 15) is 0 Å². The van der Waals surface area contributed by atoms with Crippen molar-refractivity contribution >= 4 is 33.5 Å². The number of amidine groups is 1. The molecule has 0 fully saturated rings. The van der Waals surface area contributed by atoms with Crippen molar-refractivity contribution in [3.8, 4) is 0 Å². The van der Waals surface area contributed by atoms with E-state index in [2.05, 4.69) is 26.1 Å². The quantitative estimate of drug-likeness (QED) is 0.295. The van der Waals surface area contributed by atoms with E-state index >= 15 is 0 Å². The van der Waals surface area contributed by atoms with E-state index in [0.717, 1.165) is 14.9 Å². The molecule has 19 heavy (non-hydrogen) atoms. The second kappa shape index (κ2) is 6.58. The lowest BCUT2D eigenvalue weighted by molar-refractivity contribution is 0.318. The van der Waals surface area contributed by atoms with Crippen molar-refractivity contribution in [3.63, 3.8) is 0 Å². The number of benzene rings is 1. The summed E-state index contributed by atoms with van der Waals surface area (Å²) < 4.78 is 1.05. The van der Waals surface area contributed by atoms with Crippen molar-refractivity contribution in [2.24, 2.45) is 10.9 Å². The molecule has 98 valence electrons. The van der Waals surface area contributed by atoms with Crippen LogP contribution in [0.2, 0.25) is 0 Å². The molecule has 0 spiro atoms. The van der Waals surface area contributed by atoms with Crippen LogP contribution in [0.25, 0.3) is 0 Å². The Hall–Kier alpha value is -1.53. The number of rotatable bonds is 4. The third-order valence-corrected chi connectivity index (χ3v) is 4.54. The molecule has 6 heteroatoms. The van der Waals surface area contributed by atoms with Gasteiger partial charge in [-0.15, -0.1) is 11.8 Å². The van der Waals surface area contributed by atoms with Crippen LogP contribution in [0.3, 0.4) is 0 Å². The fraction of sp³-hybridized carbons (Fsp3) is 0.0769. The number of halogens is 1. The summed E-state index contributed by atoms with van der Waals surface area (Å²) in [4.78, 5) is 5.28. The Morgan fingerprint density at radius 3 is 2.84 bits per heavy atom. The number of oxime groups is 1. The number of thioether (sulfide) groups is 1. The molecular weight excluding hydrogens is 326 g/mol. The van der Waals surface area contributed by atoms with Gasteiger partial charge < -0.3 is 10.9 Å². The summed E-state index contributed by atoms with van der Waals surface area (Å²) in [6, 6.07) is 11.7. The Morgan fingerprint density at radius 2 is 2.11 bits per heavy atom. The maximum absolute atomic E-state index is 8.75. The first-order valence-electron chi connectivity index (χ1n) is 5.51. The highest BCUT2D eigenvalue weighted by Crippen LogP contribution is 2.30. The summed E-state index contributed by atoms with van der Waals surface area (Å²) in [6.07, 6.45) is 1.62. The maximum atomic E-state index is 8.75. The van der Waals surface area contributed by atoms with Crippen LogP contribution in [0.4, 0.5) is 0 Å². The predicted octanol–water partition coefficient (Wildman–Crippen LogP) is 3.23. The van der Waals surface area contributed by atoms with Gasteiger partial charge in [0.2, 0.25) is 0 Å². The molecule has 0 aliphatic rings. The minimum Gasteiger partial charge on any atom is -0.409 e. The van der Waals surface area contributed by atoms with Gasteiger partial charge in [0, 0.05) is 21.3 Å². The molecule has 0 amide bonds. The molecule has 1 aromatic carbocycles. The predicted molar refractivity (Wildman–Crippen MR) is 80.5 cm³/mol. The lowest BCUT2D eigenvalue weighted by Crippen LogP contribution is -2.17. The number of pyridine rings is 1. The highest BCUT2D eigenvalue weighted by molar-refractivity contribution is 9.10. The fourth-order valence-corrected chi connectivity index (χ4v) is 3.10. The van der Waals surface area contributed by atoms with Crippen molar-refractivity contribution in [2.45, 2.75) is 10.6 Å². The molecule has 0 aliphatic heterocycles. The molecule has 0 bridgehead atoms. The Labute approximate surface area is 123 Å². The standard InChI is InChI=1S/C13H12BrN3OS/c14-10-5-1-2-6-11(10)19-8-9-4-3-7-16-12(9)13(15)17-18/h1-7,18H,8H2,(H2,15,17). The third kappa shape index (κ3) is 3.48. The monoisotopic (exact) mass is 337 g/mol. The molecule has 0 saturated carbocycles. The fourth-order valence-electron chi connectivity index (χ4n) is 1.55. The molecule has 0 saturated heterocycles. The summed E-state index contributed by atoms with van der Waals surface area (Å²) in [5.74, 6) is 0.727. The molecule has 1 heterocycles. The number of hydrogen-bond acceptors (Lipinski definition) is 4. The molecule has 0 radical (unpaired) electrons. The van der Waals surface area contributed by atoms with Gasteiger partial charge in [0.1, 0.15) is 5.69 Å². The van der Waals surface area contributed by atoms with E-state index in [1.54, 1.807) is 18.0 Å². The van der Waals surface area contributed by atoms with Gasteiger partial charge in [-0.1, -0.05) is 23.4 Å². The van der Waals surface area contributed by atoms with Crippen molar-refractivity contribution in [2.75, 3.05) is 0 Å². The van der Waals surface area contributed by atoms with Crippen molar-refractivity contribution < 1.29 is 5.21 Å². The second-order valence-corrected chi connectivity index (χ2v) is 5.59. The van der Waals surface area contributed by atoms with Crippen LogP contribution in [0.1, 0.15) is 11.3 Å². The summed E-state index contributed by atoms with van der Waals surface area (Å²) in [6.45, 7) is 0. The lowest BCUT2D eigenvalue weighted by atomic mass is 10.2. The average Bonchev–Trinajstić information content (AvgIpc) is 2.46. The Bertz CT molecular complexity index is 604. The minimum atomic E-state index is 0.0309. The van der Waals surface area contributed by atoms with Gasteiger partial charge in [-0.2, -0.15) is 0 Å². The van der Waals surface area contributed by atoms with Gasteiger partial charge in [-0.25, -0.2) is 0 Å². The molecule has 0 unspecified atom stereocenters. The van der Waals surface area contributed by atoms with E-state index in [1.165, 1.54) is 0 Å². The maximum Gasteiger partial charge on any atom is 0.189 e. The molecule has 1 aromatic heterocycles. The van der Waals surface area contributed by atoms with E-state index in [-0.39, 0.29) is 5.84 Å². The van der Waals surface area contributed by atoms with Crippen LogP contribution in [0.5, 0.6) is 0 Å². The molecule has 0 atom stereocenters. The summed E-state index contributed by atoms with van der Waals surface area (Å²) in [5.41, 5.74) is 7.06. The number of hydrogen-bond donors (Lipinski definition) is 2. The van der Waals surface area contributed by atoms with E-state index in [1.807, 2.05) is 36.4 Å². The molecule has 2 rings (SSSR count). The van der Waals surface area contributed by atoms with Crippen LogP contribution in [-0.4, -0.2) is 16.0 Å². The second-order valence-electron chi connectivity index (χ2n) is 3.72. The summed E-state index contributed by atoms with van der Waals surface area (Å²) >= 11 is 5.17. The van der Waals surface area contributed by atoms with E-state index in [4.69, 9.17) is 10.9 Å². The normalized spacial score (nSPS) is 11.5. The van der Waals surface area contributed by atoms with Crippen LogP contribution in [-0.2, 0) is 5.75 Å². The first kappa shape index (κ1) is 13.9. The zero-order chi connectivity index (χ0) is 13.7. The molecule has 2 aromatic rings. The molecule has 4 nitrogen and oxygen atoms in total. The highest BCUT2D eigenvalue weighted by atomic mass is 79.9. The zero-order valence-corrected chi connectivity index (χ0v) is 12.4. The highest BCUT2D eigenvalue weighted by Gasteiger charge is 2.09. The minimum absolute atomic E-state index is 0.0309. The van der Waals surface area contributed by atoms with Crippen molar-refractivity contribution in [3.05, 3.63) is 58.3 Å². The van der Waals surface area contributed by atoms with E-state index < -0.39 is 0 Å². The largest absolute Gasteiger partial charge is 0.409 e.